The highest BCUT2D eigenvalue weighted by Crippen LogP contribution is 2.30. The maximum absolute atomic E-state index is 13.7. The number of para-hydroxylation sites is 1. The molecule has 2 fully saturated rings. The van der Waals surface area contributed by atoms with Crippen molar-refractivity contribution in [3.63, 3.8) is 0 Å². The molecule has 0 radical (unpaired) electrons. The van der Waals surface area contributed by atoms with E-state index < -0.39 is 30.1 Å². The number of benzene rings is 1. The van der Waals surface area contributed by atoms with E-state index in [1.54, 1.807) is 22.5 Å². The lowest BCUT2D eigenvalue weighted by atomic mass is 9.86. The number of aromatic nitrogens is 1. The molecule has 0 saturated carbocycles. The Morgan fingerprint density at radius 3 is 2.39 bits per heavy atom. The molecule has 0 spiro atoms. The van der Waals surface area contributed by atoms with E-state index in [0.717, 1.165) is 11.4 Å². The third kappa shape index (κ3) is 5.51. The van der Waals surface area contributed by atoms with Crippen LogP contribution in [0.5, 0.6) is 5.88 Å². The fourth-order valence-electron chi connectivity index (χ4n) is 4.83. The normalized spacial score (nSPS) is 22.1. The molecule has 2 aliphatic heterocycles. The van der Waals surface area contributed by atoms with E-state index in [4.69, 9.17) is 9.47 Å². The third-order valence-electron chi connectivity index (χ3n) is 6.61. The zero-order chi connectivity index (χ0) is 25.7. The van der Waals surface area contributed by atoms with Gasteiger partial charge in [0.1, 0.15) is 12.1 Å². The SMILES string of the molecule is COC(=O)N1C[C@@H](Oc2cccc(C)n2)C[C@H](C(=O)NO)[C@H]1C(=O)N1CCN(c2ccccc2)CC1. The average molecular weight is 498 g/mol. The number of carbonyl (C=O) groups is 3. The molecule has 2 saturated heterocycles. The van der Waals surface area contributed by atoms with Crippen molar-refractivity contribution in [3.8, 4) is 5.88 Å². The van der Waals surface area contributed by atoms with Crippen LogP contribution in [0.4, 0.5) is 10.5 Å². The van der Waals surface area contributed by atoms with E-state index in [0.29, 0.717) is 32.1 Å². The van der Waals surface area contributed by atoms with Crippen LogP contribution in [0.25, 0.3) is 0 Å². The van der Waals surface area contributed by atoms with Gasteiger partial charge in [-0.1, -0.05) is 24.3 Å². The molecule has 0 unspecified atom stereocenters. The summed E-state index contributed by atoms with van der Waals surface area (Å²) in [5.74, 6) is -1.84. The predicted molar refractivity (Wildman–Crippen MR) is 130 cm³/mol. The lowest BCUT2D eigenvalue weighted by molar-refractivity contribution is -0.151. The van der Waals surface area contributed by atoms with Crippen molar-refractivity contribution < 1.29 is 29.1 Å². The number of nitrogens with one attached hydrogen (secondary N) is 1. The Morgan fingerprint density at radius 2 is 1.75 bits per heavy atom. The number of pyridine rings is 1. The molecule has 192 valence electrons. The molecule has 2 N–H and O–H groups in total. The van der Waals surface area contributed by atoms with Crippen LogP contribution in [-0.2, 0) is 14.3 Å². The molecular weight excluding hydrogens is 466 g/mol. The van der Waals surface area contributed by atoms with Gasteiger partial charge in [-0.2, -0.15) is 0 Å². The van der Waals surface area contributed by atoms with E-state index >= 15 is 0 Å². The number of anilines is 1. The van der Waals surface area contributed by atoms with E-state index in [-0.39, 0.29) is 18.9 Å². The summed E-state index contributed by atoms with van der Waals surface area (Å²) in [6.07, 6.45) is -1.28. The summed E-state index contributed by atoms with van der Waals surface area (Å²) in [5, 5.41) is 9.43. The molecule has 1 aromatic heterocycles. The van der Waals surface area contributed by atoms with Gasteiger partial charge in [0.25, 0.3) is 0 Å². The highest BCUT2D eigenvalue weighted by Gasteiger charge is 2.49. The highest BCUT2D eigenvalue weighted by atomic mass is 16.5. The number of hydrogen-bond acceptors (Lipinski definition) is 8. The summed E-state index contributed by atoms with van der Waals surface area (Å²) in [6, 6.07) is 14.1. The van der Waals surface area contributed by atoms with Crippen LogP contribution in [0.2, 0.25) is 0 Å². The van der Waals surface area contributed by atoms with Gasteiger partial charge in [-0.25, -0.2) is 15.3 Å². The van der Waals surface area contributed by atoms with Gasteiger partial charge in [-0.3, -0.25) is 19.7 Å². The van der Waals surface area contributed by atoms with Crippen molar-refractivity contribution in [3.05, 3.63) is 54.2 Å². The maximum atomic E-state index is 13.7. The summed E-state index contributed by atoms with van der Waals surface area (Å²) in [6.45, 7) is 3.94. The standard InChI is InChI=1S/C25H31N5O6/c1-17-7-6-10-21(26-17)36-19-15-20(23(31)27-34)22(30(16-19)25(33)35-2)24(32)29-13-11-28(12-14-29)18-8-4-3-5-9-18/h3-10,19-20,22,34H,11-16H2,1-2H3,(H,27,31)/t19-,20-,22-/m0/s1. The molecule has 36 heavy (non-hydrogen) atoms. The van der Waals surface area contributed by atoms with Crippen molar-refractivity contribution in [2.45, 2.75) is 25.5 Å². The molecule has 2 aliphatic rings. The fraction of sp³-hybridized carbons (Fsp3) is 0.440. The number of nitrogens with zero attached hydrogens (tertiary/aromatic N) is 4. The van der Waals surface area contributed by atoms with Gasteiger partial charge in [0.05, 0.1) is 19.6 Å². The first-order valence-corrected chi connectivity index (χ1v) is 11.9. The smallest absolute Gasteiger partial charge is 0.410 e. The van der Waals surface area contributed by atoms with Gasteiger partial charge in [0.2, 0.25) is 17.7 Å². The molecule has 1 aromatic carbocycles. The van der Waals surface area contributed by atoms with Gasteiger partial charge < -0.3 is 19.3 Å². The van der Waals surface area contributed by atoms with Crippen LogP contribution >= 0.6 is 0 Å². The number of rotatable bonds is 5. The van der Waals surface area contributed by atoms with Gasteiger partial charge in [-0.05, 0) is 25.1 Å². The Bertz CT molecular complexity index is 1050. The monoisotopic (exact) mass is 497 g/mol. The van der Waals surface area contributed by atoms with Crippen molar-refractivity contribution in [1.82, 2.24) is 20.3 Å². The number of piperazine rings is 1. The summed E-state index contributed by atoms with van der Waals surface area (Å²) in [4.78, 5) is 48.6. The van der Waals surface area contributed by atoms with Gasteiger partial charge in [0.15, 0.2) is 0 Å². The topological polar surface area (TPSA) is 125 Å². The van der Waals surface area contributed by atoms with Crippen molar-refractivity contribution in [1.29, 1.82) is 0 Å². The van der Waals surface area contributed by atoms with Gasteiger partial charge >= 0.3 is 6.09 Å². The molecule has 3 heterocycles. The largest absolute Gasteiger partial charge is 0.472 e. The van der Waals surface area contributed by atoms with Crippen LogP contribution in [0.3, 0.4) is 0 Å². The third-order valence-corrected chi connectivity index (χ3v) is 6.61. The van der Waals surface area contributed by atoms with Crippen LogP contribution < -0.4 is 15.1 Å². The quantitative estimate of drug-likeness (QED) is 0.470. The van der Waals surface area contributed by atoms with Gasteiger partial charge in [0, 0.05) is 50.0 Å². The Labute approximate surface area is 209 Å². The minimum absolute atomic E-state index is 0.0257. The molecule has 3 atom stereocenters. The lowest BCUT2D eigenvalue weighted by Crippen LogP contribution is -2.64. The second kappa shape index (κ2) is 11.3. The second-order valence-electron chi connectivity index (χ2n) is 8.89. The van der Waals surface area contributed by atoms with Crippen LogP contribution in [0.1, 0.15) is 12.1 Å². The Balaban J connectivity index is 1.53. The number of piperidine rings is 1. The molecule has 2 aromatic rings. The minimum atomic E-state index is -1.14. The molecule has 0 bridgehead atoms. The summed E-state index contributed by atoms with van der Waals surface area (Å²) in [7, 11) is 1.22. The zero-order valence-electron chi connectivity index (χ0n) is 20.4. The second-order valence-corrected chi connectivity index (χ2v) is 8.89. The zero-order valence-corrected chi connectivity index (χ0v) is 20.4. The van der Waals surface area contributed by atoms with Crippen molar-refractivity contribution >= 4 is 23.6 Å². The molecule has 3 amide bonds. The van der Waals surface area contributed by atoms with Crippen LogP contribution in [0, 0.1) is 12.8 Å². The number of ether oxygens (including phenoxy) is 2. The van der Waals surface area contributed by atoms with Crippen LogP contribution in [-0.4, -0.2) is 89.9 Å². The Hall–Kier alpha value is -3.86. The first-order valence-electron chi connectivity index (χ1n) is 11.9. The number of carbonyl (C=O) groups excluding carboxylic acids is 3. The molecule has 11 heteroatoms. The minimum Gasteiger partial charge on any atom is -0.472 e. The molecular formula is C25H31N5O6. The van der Waals surface area contributed by atoms with Crippen LogP contribution in [0.15, 0.2) is 48.5 Å². The average Bonchev–Trinajstić information content (AvgIpc) is 2.92. The van der Waals surface area contributed by atoms with E-state index in [9.17, 15) is 19.6 Å². The first-order chi connectivity index (χ1) is 17.4. The highest BCUT2D eigenvalue weighted by molar-refractivity contribution is 5.92. The number of aryl methyl sites for hydroxylation is 1. The summed E-state index contributed by atoms with van der Waals surface area (Å²) < 4.78 is 10.9. The number of hydrogen-bond donors (Lipinski definition) is 2. The number of likely N-dealkylation sites (tertiary alicyclic amines) is 1. The predicted octanol–water partition coefficient (Wildman–Crippen LogP) is 1.45. The van der Waals surface area contributed by atoms with Crippen molar-refractivity contribution in [2.75, 3.05) is 44.7 Å². The lowest BCUT2D eigenvalue weighted by Gasteiger charge is -2.44. The van der Waals surface area contributed by atoms with E-state index in [2.05, 4.69) is 9.88 Å². The molecule has 4 rings (SSSR count). The Morgan fingerprint density at radius 1 is 1.03 bits per heavy atom. The van der Waals surface area contributed by atoms with Crippen molar-refractivity contribution in [2.24, 2.45) is 5.92 Å². The van der Waals surface area contributed by atoms with Gasteiger partial charge in [-0.15, -0.1) is 0 Å². The molecule has 0 aliphatic carbocycles. The number of amides is 3. The summed E-state index contributed by atoms with van der Waals surface area (Å²) >= 11 is 0. The maximum Gasteiger partial charge on any atom is 0.410 e. The fourth-order valence-corrected chi connectivity index (χ4v) is 4.83. The first kappa shape index (κ1) is 25.2. The number of hydroxylamine groups is 1. The van der Waals surface area contributed by atoms with E-state index in [1.807, 2.05) is 43.3 Å². The number of methoxy groups -OCH3 is 1. The molecule has 11 nitrogen and oxygen atoms in total. The van der Waals surface area contributed by atoms with E-state index in [1.165, 1.54) is 12.0 Å². The summed E-state index contributed by atoms with van der Waals surface area (Å²) in [5.41, 5.74) is 3.47. The Kier molecular flexibility index (Phi) is 7.89.